The second-order valence-corrected chi connectivity index (χ2v) is 6.63. The van der Waals surface area contributed by atoms with E-state index in [9.17, 15) is 8.09 Å². The number of nitrogens with zero attached hydrogens (tertiary/aromatic N) is 1. The van der Waals surface area contributed by atoms with Gasteiger partial charge in [-0.25, -0.2) is 8.57 Å². The summed E-state index contributed by atoms with van der Waals surface area (Å²) in [6.45, 7) is 2.08. The average Bonchev–Trinajstić information content (AvgIpc) is 2.95. The summed E-state index contributed by atoms with van der Waals surface area (Å²) in [7, 11) is -3.85. The largest absolute Gasteiger partial charge is 0.454 e. The molecule has 0 bridgehead atoms. The lowest BCUT2D eigenvalue weighted by Crippen LogP contribution is -1.99. The Labute approximate surface area is 129 Å². The fraction of sp³-hybridized carbons (Fsp3) is 0.250. The number of benzene rings is 2. The molecular formula is C16H16FNO3S. The molecule has 4 nitrogen and oxygen atoms in total. The molecule has 0 spiro atoms. The van der Waals surface area contributed by atoms with Crippen LogP contribution in [-0.2, 0) is 16.5 Å². The maximum atomic E-state index is 14.3. The zero-order valence-electron chi connectivity index (χ0n) is 12.1. The van der Waals surface area contributed by atoms with Crippen molar-refractivity contribution in [2.75, 3.05) is 13.3 Å². The van der Waals surface area contributed by atoms with Crippen molar-refractivity contribution < 1.29 is 17.6 Å². The second kappa shape index (κ2) is 5.96. The van der Waals surface area contributed by atoms with Crippen LogP contribution < -0.4 is 9.47 Å². The molecule has 0 aliphatic carbocycles. The molecule has 2 aromatic carbocycles. The van der Waals surface area contributed by atoms with Gasteiger partial charge < -0.3 is 9.47 Å². The fourth-order valence-corrected chi connectivity index (χ4v) is 3.47. The van der Waals surface area contributed by atoms with Gasteiger partial charge in [-0.2, -0.15) is 0 Å². The van der Waals surface area contributed by atoms with Crippen molar-refractivity contribution in [1.82, 2.24) is 0 Å². The smallest absolute Gasteiger partial charge is 0.231 e. The highest BCUT2D eigenvalue weighted by atomic mass is 32.3. The number of hydrogen-bond acceptors (Lipinski definition) is 4. The molecule has 1 aliphatic heterocycles. The summed E-state index contributed by atoms with van der Waals surface area (Å²) in [5.74, 6) is 1.38. The molecule has 3 rings (SSSR count). The molecular weight excluding hydrogens is 305 g/mol. The Morgan fingerprint density at radius 2 is 1.95 bits per heavy atom. The molecule has 116 valence electrons. The average molecular weight is 321 g/mol. The van der Waals surface area contributed by atoms with E-state index in [1.165, 1.54) is 6.07 Å². The number of aryl methyl sites for hydroxylation is 1. The van der Waals surface area contributed by atoms with E-state index in [1.54, 1.807) is 25.1 Å². The molecule has 1 atom stereocenters. The summed E-state index contributed by atoms with van der Waals surface area (Å²) in [4.78, 5) is 0.153. The predicted octanol–water partition coefficient (Wildman–Crippen LogP) is 3.68. The van der Waals surface area contributed by atoms with Crippen LogP contribution >= 0.6 is 0 Å². The molecule has 0 saturated carbocycles. The number of hydrogen-bond donors (Lipinski definition) is 0. The Balaban J connectivity index is 1.74. The maximum Gasteiger partial charge on any atom is 0.231 e. The van der Waals surface area contributed by atoms with Gasteiger partial charge in [0.25, 0.3) is 0 Å². The Hall–Kier alpha value is -2.08. The fourth-order valence-electron chi connectivity index (χ4n) is 2.30. The SMILES string of the molecule is Cc1ccccc1[S@@](=O)(F)=NCCc1ccc2c(c1)OCO2. The second-order valence-electron chi connectivity index (χ2n) is 5.01. The minimum atomic E-state index is -3.85. The third kappa shape index (κ3) is 3.06. The molecule has 0 N–H and O–H groups in total. The van der Waals surface area contributed by atoms with E-state index in [0.717, 1.165) is 5.56 Å². The number of ether oxygens (including phenoxy) is 2. The van der Waals surface area contributed by atoms with Crippen LogP contribution in [0, 0.1) is 6.92 Å². The van der Waals surface area contributed by atoms with Crippen LogP contribution in [0.4, 0.5) is 3.89 Å². The third-order valence-corrected chi connectivity index (χ3v) is 4.97. The van der Waals surface area contributed by atoms with Crippen LogP contribution in [-0.4, -0.2) is 17.5 Å². The third-order valence-electron chi connectivity index (χ3n) is 3.46. The van der Waals surface area contributed by atoms with Crippen molar-refractivity contribution in [3.8, 4) is 11.5 Å². The Bertz CT molecular complexity index is 813. The molecule has 1 heterocycles. The normalized spacial score (nSPS) is 15.4. The van der Waals surface area contributed by atoms with Gasteiger partial charge in [0.1, 0.15) is 0 Å². The number of halogens is 1. The van der Waals surface area contributed by atoms with Gasteiger partial charge in [-0.1, -0.05) is 24.3 Å². The lowest BCUT2D eigenvalue weighted by atomic mass is 10.1. The maximum absolute atomic E-state index is 14.3. The van der Waals surface area contributed by atoms with Crippen molar-refractivity contribution in [2.45, 2.75) is 18.2 Å². The van der Waals surface area contributed by atoms with E-state index in [1.807, 2.05) is 18.2 Å². The minimum Gasteiger partial charge on any atom is -0.454 e. The first-order chi connectivity index (χ1) is 10.6. The molecule has 0 saturated heterocycles. The molecule has 0 aromatic heterocycles. The standard InChI is InChI=1S/C16H16FNO3S/c1-12-4-2-3-5-16(12)22(17,19)18-9-8-13-6-7-14-15(10-13)21-11-20-14/h2-7,10H,8-9,11H2,1H3/t22-/m1/s1. The lowest BCUT2D eigenvalue weighted by molar-refractivity contribution is 0.174. The molecule has 0 unspecified atom stereocenters. The van der Waals surface area contributed by atoms with Crippen molar-refractivity contribution in [1.29, 1.82) is 0 Å². The molecule has 2 aromatic rings. The molecule has 0 fully saturated rings. The Morgan fingerprint density at radius 1 is 1.18 bits per heavy atom. The van der Waals surface area contributed by atoms with Gasteiger partial charge in [-0.3, -0.25) is 0 Å². The van der Waals surface area contributed by atoms with Gasteiger partial charge in [0.15, 0.2) is 11.5 Å². The van der Waals surface area contributed by atoms with Crippen LogP contribution in [0.2, 0.25) is 0 Å². The van der Waals surface area contributed by atoms with Gasteiger partial charge in [-0.15, -0.1) is 3.89 Å². The molecule has 22 heavy (non-hydrogen) atoms. The van der Waals surface area contributed by atoms with E-state index in [-0.39, 0.29) is 18.2 Å². The van der Waals surface area contributed by atoms with Crippen LogP contribution in [0.25, 0.3) is 0 Å². The van der Waals surface area contributed by atoms with Crippen LogP contribution in [0.3, 0.4) is 0 Å². The van der Waals surface area contributed by atoms with Crippen molar-refractivity contribution in [3.05, 3.63) is 53.6 Å². The highest BCUT2D eigenvalue weighted by molar-refractivity contribution is 7.88. The molecule has 0 radical (unpaired) electrons. The Morgan fingerprint density at radius 3 is 2.77 bits per heavy atom. The first-order valence-corrected chi connectivity index (χ1v) is 8.34. The van der Waals surface area contributed by atoms with Gasteiger partial charge in [-0.05, 0) is 42.7 Å². The summed E-state index contributed by atoms with van der Waals surface area (Å²) in [6.07, 6.45) is 0.490. The monoisotopic (exact) mass is 321 g/mol. The summed E-state index contributed by atoms with van der Waals surface area (Å²) < 4.78 is 40.7. The Kier molecular flexibility index (Phi) is 4.02. The van der Waals surface area contributed by atoms with Gasteiger partial charge in [0, 0.05) is 0 Å². The summed E-state index contributed by atoms with van der Waals surface area (Å²) in [5.41, 5.74) is 1.58. The number of fused-ring (bicyclic) bond motifs is 1. The quantitative estimate of drug-likeness (QED) is 0.807. The van der Waals surface area contributed by atoms with Gasteiger partial charge in [0.2, 0.25) is 16.9 Å². The summed E-state index contributed by atoms with van der Waals surface area (Å²) in [5, 5.41) is 0. The highest BCUT2D eigenvalue weighted by Gasteiger charge is 2.14. The zero-order chi connectivity index (χ0) is 15.6. The summed E-state index contributed by atoms with van der Waals surface area (Å²) >= 11 is 0. The highest BCUT2D eigenvalue weighted by Crippen LogP contribution is 2.32. The van der Waals surface area contributed by atoms with Crippen LogP contribution in [0.15, 0.2) is 51.7 Å². The first kappa shape index (κ1) is 14.8. The van der Waals surface area contributed by atoms with Crippen LogP contribution in [0.1, 0.15) is 11.1 Å². The minimum absolute atomic E-state index is 0.142. The van der Waals surface area contributed by atoms with Gasteiger partial charge >= 0.3 is 0 Å². The summed E-state index contributed by atoms with van der Waals surface area (Å²) in [6, 6.07) is 12.2. The van der Waals surface area contributed by atoms with E-state index in [4.69, 9.17) is 9.47 Å². The van der Waals surface area contributed by atoms with Crippen molar-refractivity contribution >= 4 is 10.1 Å². The number of rotatable bonds is 4. The van der Waals surface area contributed by atoms with E-state index < -0.39 is 10.1 Å². The van der Waals surface area contributed by atoms with E-state index >= 15 is 0 Å². The lowest BCUT2D eigenvalue weighted by Gasteiger charge is -2.05. The van der Waals surface area contributed by atoms with Crippen molar-refractivity contribution in [3.63, 3.8) is 0 Å². The molecule has 0 amide bonds. The van der Waals surface area contributed by atoms with Crippen LogP contribution in [0.5, 0.6) is 11.5 Å². The zero-order valence-corrected chi connectivity index (χ0v) is 12.9. The molecule has 6 heteroatoms. The predicted molar refractivity (Wildman–Crippen MR) is 82.3 cm³/mol. The van der Waals surface area contributed by atoms with E-state index in [2.05, 4.69) is 4.36 Å². The van der Waals surface area contributed by atoms with Gasteiger partial charge in [0.05, 0.1) is 11.4 Å². The topological polar surface area (TPSA) is 47.9 Å². The molecule has 1 aliphatic rings. The van der Waals surface area contributed by atoms with Crippen molar-refractivity contribution in [2.24, 2.45) is 4.36 Å². The first-order valence-electron chi connectivity index (χ1n) is 6.93. The van der Waals surface area contributed by atoms with E-state index in [0.29, 0.717) is 23.5 Å².